The zero-order valence-corrected chi connectivity index (χ0v) is 17.4. The summed E-state index contributed by atoms with van der Waals surface area (Å²) in [5.74, 6) is 0. The van der Waals surface area contributed by atoms with Gasteiger partial charge in [-0.15, -0.1) is 8.58 Å². The molecule has 2 saturated carbocycles. The minimum Gasteiger partial charge on any atom is -0.116 e. The van der Waals surface area contributed by atoms with Crippen LogP contribution >= 0.6 is 8.58 Å². The van der Waals surface area contributed by atoms with Crippen molar-refractivity contribution in [3.63, 3.8) is 0 Å². The van der Waals surface area contributed by atoms with Gasteiger partial charge in [0.25, 0.3) is 0 Å². The number of benzene rings is 2. The molecule has 0 amide bonds. The molecule has 2 fully saturated rings. The maximum atomic E-state index is 2.16. The van der Waals surface area contributed by atoms with E-state index in [4.69, 9.17) is 0 Å². The van der Waals surface area contributed by atoms with Gasteiger partial charge in [-0.25, -0.2) is 0 Å². The molecule has 0 unspecified atom stereocenters. The highest BCUT2D eigenvalue weighted by Crippen LogP contribution is 2.41. The SMILES string of the molecule is C1CCC(PC2CCCCC2)CC1.Cc1ccccc1-c1ccccc1. The van der Waals surface area contributed by atoms with Gasteiger partial charge in [0.15, 0.2) is 0 Å². The highest BCUT2D eigenvalue weighted by atomic mass is 31.1. The Morgan fingerprint density at radius 2 is 1.12 bits per heavy atom. The first-order chi connectivity index (χ1) is 12.8. The summed E-state index contributed by atoms with van der Waals surface area (Å²) >= 11 is 0. The van der Waals surface area contributed by atoms with Gasteiger partial charge in [0.2, 0.25) is 0 Å². The Labute approximate surface area is 162 Å². The van der Waals surface area contributed by atoms with Crippen molar-refractivity contribution in [3.05, 3.63) is 60.2 Å². The number of rotatable bonds is 3. The summed E-state index contributed by atoms with van der Waals surface area (Å²) in [4.78, 5) is 0. The lowest BCUT2D eigenvalue weighted by Crippen LogP contribution is -2.14. The van der Waals surface area contributed by atoms with Gasteiger partial charge < -0.3 is 0 Å². The zero-order chi connectivity index (χ0) is 18.0. The monoisotopic (exact) mass is 366 g/mol. The van der Waals surface area contributed by atoms with Crippen molar-refractivity contribution in [3.8, 4) is 11.1 Å². The van der Waals surface area contributed by atoms with Gasteiger partial charge in [-0.1, -0.05) is 93.1 Å². The van der Waals surface area contributed by atoms with Crippen LogP contribution in [0.15, 0.2) is 54.6 Å². The van der Waals surface area contributed by atoms with E-state index in [0.29, 0.717) is 0 Å². The molecule has 0 N–H and O–H groups in total. The average Bonchev–Trinajstić information content (AvgIpc) is 2.71. The Kier molecular flexibility index (Phi) is 8.22. The second-order valence-corrected chi connectivity index (χ2v) is 9.98. The number of hydrogen-bond donors (Lipinski definition) is 0. The zero-order valence-electron chi connectivity index (χ0n) is 16.4. The standard InChI is InChI=1S/C13H12.C12H23P/c1-11-7-5-6-10-13(11)12-8-3-2-4-9-12;1-3-7-11(8-4-1)13-12-9-5-2-6-10-12/h2-10H,1H3;11-13H,1-10H2. The molecule has 2 aliphatic rings. The van der Waals surface area contributed by atoms with Crippen molar-refractivity contribution in [1.82, 2.24) is 0 Å². The minimum atomic E-state index is 1.15. The summed E-state index contributed by atoms with van der Waals surface area (Å²) in [5, 5.41) is 0. The summed E-state index contributed by atoms with van der Waals surface area (Å²) in [6.45, 7) is 2.14. The van der Waals surface area contributed by atoms with E-state index in [2.05, 4.69) is 55.5 Å². The van der Waals surface area contributed by atoms with Gasteiger partial charge in [0.05, 0.1) is 0 Å². The van der Waals surface area contributed by atoms with Crippen LogP contribution in [-0.2, 0) is 0 Å². The van der Waals surface area contributed by atoms with E-state index in [-0.39, 0.29) is 0 Å². The molecule has 2 aromatic rings. The van der Waals surface area contributed by atoms with Crippen LogP contribution in [0.5, 0.6) is 0 Å². The summed E-state index contributed by atoms with van der Waals surface area (Å²) in [6, 6.07) is 18.9. The van der Waals surface area contributed by atoms with Crippen molar-refractivity contribution in [1.29, 1.82) is 0 Å². The Morgan fingerprint density at radius 1 is 0.615 bits per heavy atom. The average molecular weight is 367 g/mol. The molecular weight excluding hydrogens is 331 g/mol. The van der Waals surface area contributed by atoms with Crippen molar-refractivity contribution in [2.75, 3.05) is 0 Å². The van der Waals surface area contributed by atoms with Crippen molar-refractivity contribution in [2.24, 2.45) is 0 Å². The molecule has 0 aliphatic heterocycles. The van der Waals surface area contributed by atoms with Gasteiger partial charge in [-0.2, -0.15) is 0 Å². The lowest BCUT2D eigenvalue weighted by atomic mass is 10.00. The van der Waals surface area contributed by atoms with Gasteiger partial charge in [-0.05, 0) is 60.6 Å². The molecule has 4 rings (SSSR count). The lowest BCUT2D eigenvalue weighted by Gasteiger charge is -2.28. The fraction of sp³-hybridized carbons (Fsp3) is 0.520. The van der Waals surface area contributed by atoms with Crippen LogP contribution in [0.1, 0.15) is 69.8 Å². The van der Waals surface area contributed by atoms with Crippen molar-refractivity contribution in [2.45, 2.75) is 82.4 Å². The molecule has 1 heteroatoms. The number of hydrogen-bond acceptors (Lipinski definition) is 0. The third-order valence-electron chi connectivity index (χ3n) is 5.91. The largest absolute Gasteiger partial charge is 0.116 e. The molecule has 0 spiro atoms. The second kappa shape index (κ2) is 10.9. The van der Waals surface area contributed by atoms with E-state index < -0.39 is 0 Å². The fourth-order valence-corrected chi connectivity index (χ4v) is 6.54. The molecule has 0 nitrogen and oxygen atoms in total. The Balaban J connectivity index is 0.000000151. The first-order valence-corrected chi connectivity index (χ1v) is 11.9. The maximum Gasteiger partial charge on any atom is -0.0155 e. The summed E-state index contributed by atoms with van der Waals surface area (Å²) in [5.41, 5.74) is 6.24. The van der Waals surface area contributed by atoms with Crippen LogP contribution in [0.2, 0.25) is 0 Å². The van der Waals surface area contributed by atoms with Crippen LogP contribution in [-0.4, -0.2) is 11.3 Å². The third-order valence-corrected chi connectivity index (χ3v) is 8.01. The fourth-order valence-electron chi connectivity index (χ4n) is 4.39. The van der Waals surface area contributed by atoms with E-state index >= 15 is 0 Å². The van der Waals surface area contributed by atoms with E-state index in [0.717, 1.165) is 11.3 Å². The van der Waals surface area contributed by atoms with Crippen LogP contribution in [0, 0.1) is 6.92 Å². The number of aryl methyl sites for hydroxylation is 1. The Bertz CT molecular complexity index is 606. The van der Waals surface area contributed by atoms with Crippen molar-refractivity contribution < 1.29 is 0 Å². The van der Waals surface area contributed by atoms with E-state index in [1.165, 1.54) is 63.8 Å². The molecule has 0 saturated heterocycles. The van der Waals surface area contributed by atoms with Crippen LogP contribution in [0.25, 0.3) is 11.1 Å². The molecule has 2 aliphatic carbocycles. The van der Waals surface area contributed by atoms with E-state index in [9.17, 15) is 0 Å². The second-order valence-electron chi connectivity index (χ2n) is 8.02. The summed E-state index contributed by atoms with van der Waals surface area (Å²) in [7, 11) is 1.33. The molecule has 0 atom stereocenters. The van der Waals surface area contributed by atoms with Crippen LogP contribution in [0.3, 0.4) is 0 Å². The highest BCUT2D eigenvalue weighted by Gasteiger charge is 2.20. The molecule has 26 heavy (non-hydrogen) atoms. The molecule has 0 heterocycles. The first-order valence-electron chi connectivity index (χ1n) is 10.7. The summed E-state index contributed by atoms with van der Waals surface area (Å²) < 4.78 is 0. The molecule has 0 radical (unpaired) electrons. The van der Waals surface area contributed by atoms with Gasteiger partial charge in [0, 0.05) is 0 Å². The maximum absolute atomic E-state index is 2.16. The first kappa shape index (κ1) is 19.6. The Hall–Kier alpha value is -1.13. The quantitative estimate of drug-likeness (QED) is 0.483. The van der Waals surface area contributed by atoms with Gasteiger partial charge in [0.1, 0.15) is 0 Å². The highest BCUT2D eigenvalue weighted by molar-refractivity contribution is 7.39. The molecule has 2 aromatic carbocycles. The lowest BCUT2D eigenvalue weighted by molar-refractivity contribution is 0.490. The molecule has 0 aromatic heterocycles. The van der Waals surface area contributed by atoms with E-state index in [1.807, 2.05) is 6.07 Å². The predicted octanol–water partition coefficient (Wildman–Crippen LogP) is 7.99. The van der Waals surface area contributed by atoms with Crippen molar-refractivity contribution >= 4 is 8.58 Å². The van der Waals surface area contributed by atoms with Crippen LogP contribution < -0.4 is 0 Å². The molecule has 0 bridgehead atoms. The smallest absolute Gasteiger partial charge is 0.0155 e. The van der Waals surface area contributed by atoms with Gasteiger partial charge in [-0.3, -0.25) is 0 Å². The predicted molar refractivity (Wildman–Crippen MR) is 119 cm³/mol. The normalized spacial score (nSPS) is 18.8. The minimum absolute atomic E-state index is 1.15. The third kappa shape index (κ3) is 6.24. The van der Waals surface area contributed by atoms with Gasteiger partial charge >= 0.3 is 0 Å². The van der Waals surface area contributed by atoms with E-state index in [1.54, 1.807) is 25.7 Å². The molecular formula is C25H35P. The molecule has 140 valence electrons. The Morgan fingerprint density at radius 3 is 1.65 bits per heavy atom. The summed E-state index contributed by atoms with van der Waals surface area (Å²) in [6.07, 6.45) is 15.4. The van der Waals surface area contributed by atoms with Crippen LogP contribution in [0.4, 0.5) is 0 Å². The topological polar surface area (TPSA) is 0 Å².